The third kappa shape index (κ3) is 2.19. The molecule has 112 valence electrons. The molecule has 0 aliphatic carbocycles. The van der Waals surface area contributed by atoms with Crippen LogP contribution in [0.2, 0.25) is 0 Å². The van der Waals surface area contributed by atoms with E-state index in [4.69, 9.17) is 4.74 Å². The zero-order valence-electron chi connectivity index (χ0n) is 12.3. The fraction of sp³-hybridized carbons (Fsp3) is 0.333. The number of morpholine rings is 1. The molecule has 1 saturated heterocycles. The van der Waals surface area contributed by atoms with Crippen molar-refractivity contribution in [2.24, 2.45) is 7.05 Å². The largest absolute Gasteiger partial charge is 0.378 e. The summed E-state index contributed by atoms with van der Waals surface area (Å²) >= 11 is 0. The Morgan fingerprint density at radius 2 is 1.95 bits per heavy atom. The van der Waals surface area contributed by atoms with Crippen LogP contribution >= 0.6 is 0 Å². The summed E-state index contributed by atoms with van der Waals surface area (Å²) in [7, 11) is 1.95. The van der Waals surface area contributed by atoms with Gasteiger partial charge in [0.15, 0.2) is 11.5 Å². The lowest BCUT2D eigenvalue weighted by Crippen LogP contribution is -2.37. The monoisotopic (exact) mass is 296 g/mol. The molecule has 0 N–H and O–H groups in total. The quantitative estimate of drug-likeness (QED) is 0.709. The molecule has 0 bridgehead atoms. The average molecular weight is 296 g/mol. The summed E-state index contributed by atoms with van der Waals surface area (Å²) in [5.41, 5.74) is 2.42. The van der Waals surface area contributed by atoms with E-state index in [0.717, 1.165) is 41.7 Å². The van der Waals surface area contributed by atoms with Gasteiger partial charge in [-0.2, -0.15) is 4.98 Å². The summed E-state index contributed by atoms with van der Waals surface area (Å²) in [4.78, 5) is 20.2. The van der Waals surface area contributed by atoms with Gasteiger partial charge in [0, 0.05) is 26.3 Å². The van der Waals surface area contributed by atoms with Gasteiger partial charge in [-0.25, -0.2) is 9.97 Å². The Labute approximate surface area is 127 Å². The van der Waals surface area contributed by atoms with Gasteiger partial charge in [-0.05, 0) is 12.1 Å². The fourth-order valence-electron chi connectivity index (χ4n) is 2.61. The van der Waals surface area contributed by atoms with Gasteiger partial charge in [0.2, 0.25) is 5.95 Å². The Morgan fingerprint density at radius 1 is 1.09 bits per heavy atom. The van der Waals surface area contributed by atoms with Gasteiger partial charge in [0.05, 0.1) is 19.4 Å². The first kappa shape index (κ1) is 13.1. The second-order valence-electron chi connectivity index (χ2n) is 5.19. The van der Waals surface area contributed by atoms with Crippen molar-refractivity contribution in [3.63, 3.8) is 0 Å². The lowest BCUT2D eigenvalue weighted by Gasteiger charge is -2.26. The van der Waals surface area contributed by atoms with Crippen LogP contribution in [0, 0.1) is 0 Å². The molecule has 3 aromatic heterocycles. The molecule has 1 fully saturated rings. The van der Waals surface area contributed by atoms with Gasteiger partial charge in [-0.15, -0.1) is 0 Å². The lowest BCUT2D eigenvalue weighted by atomic mass is 10.3. The summed E-state index contributed by atoms with van der Waals surface area (Å²) in [5.74, 6) is 1.52. The second-order valence-corrected chi connectivity index (χ2v) is 5.19. The van der Waals surface area contributed by atoms with Crippen molar-refractivity contribution in [2.45, 2.75) is 0 Å². The minimum Gasteiger partial charge on any atom is -0.378 e. The highest BCUT2D eigenvalue weighted by Crippen LogP contribution is 2.22. The average Bonchev–Trinajstić information content (AvgIpc) is 2.93. The van der Waals surface area contributed by atoms with Gasteiger partial charge in [-0.3, -0.25) is 4.98 Å². The maximum atomic E-state index is 5.37. The molecular weight excluding hydrogens is 280 g/mol. The third-order valence-corrected chi connectivity index (χ3v) is 3.79. The van der Waals surface area contributed by atoms with Crippen LogP contribution in [0.5, 0.6) is 0 Å². The van der Waals surface area contributed by atoms with Crippen molar-refractivity contribution in [3.8, 4) is 11.5 Å². The zero-order valence-corrected chi connectivity index (χ0v) is 12.3. The number of ether oxygens (including phenoxy) is 1. The van der Waals surface area contributed by atoms with E-state index >= 15 is 0 Å². The molecule has 3 aromatic rings. The molecule has 7 heteroatoms. The molecule has 0 spiro atoms. The van der Waals surface area contributed by atoms with Crippen LogP contribution in [-0.2, 0) is 11.8 Å². The van der Waals surface area contributed by atoms with Gasteiger partial charge in [-0.1, -0.05) is 6.07 Å². The van der Waals surface area contributed by atoms with Crippen LogP contribution in [0.1, 0.15) is 0 Å². The smallest absolute Gasteiger partial charge is 0.227 e. The number of aromatic nitrogens is 5. The summed E-state index contributed by atoms with van der Waals surface area (Å²) in [5, 5.41) is 0. The molecule has 0 radical (unpaired) electrons. The molecule has 1 aliphatic heterocycles. The van der Waals surface area contributed by atoms with Crippen LogP contribution in [-0.4, -0.2) is 50.8 Å². The van der Waals surface area contributed by atoms with E-state index < -0.39 is 0 Å². The maximum Gasteiger partial charge on any atom is 0.227 e. The lowest BCUT2D eigenvalue weighted by molar-refractivity contribution is 0.122. The number of anilines is 1. The molecule has 1 aliphatic rings. The topological polar surface area (TPSA) is 69.0 Å². The number of aryl methyl sites for hydroxylation is 1. The molecule has 22 heavy (non-hydrogen) atoms. The molecule has 0 aromatic carbocycles. The van der Waals surface area contributed by atoms with Gasteiger partial charge in [0.25, 0.3) is 0 Å². The van der Waals surface area contributed by atoms with Crippen molar-refractivity contribution < 1.29 is 4.74 Å². The minimum absolute atomic E-state index is 0.714. The summed E-state index contributed by atoms with van der Waals surface area (Å²) < 4.78 is 7.33. The fourth-order valence-corrected chi connectivity index (χ4v) is 2.61. The first-order valence-electron chi connectivity index (χ1n) is 7.26. The van der Waals surface area contributed by atoms with Gasteiger partial charge >= 0.3 is 0 Å². The van der Waals surface area contributed by atoms with Crippen molar-refractivity contribution in [1.82, 2.24) is 24.5 Å². The van der Waals surface area contributed by atoms with Crippen LogP contribution in [0.15, 0.2) is 30.6 Å². The molecule has 0 amide bonds. The van der Waals surface area contributed by atoms with Gasteiger partial charge < -0.3 is 14.2 Å². The van der Waals surface area contributed by atoms with Crippen molar-refractivity contribution in [3.05, 3.63) is 30.6 Å². The van der Waals surface area contributed by atoms with E-state index in [9.17, 15) is 0 Å². The first-order chi connectivity index (χ1) is 10.8. The van der Waals surface area contributed by atoms with E-state index in [-0.39, 0.29) is 0 Å². The number of hydrogen-bond donors (Lipinski definition) is 0. The van der Waals surface area contributed by atoms with Crippen LogP contribution in [0.4, 0.5) is 5.95 Å². The third-order valence-electron chi connectivity index (χ3n) is 3.79. The zero-order chi connectivity index (χ0) is 14.9. The van der Waals surface area contributed by atoms with Crippen molar-refractivity contribution >= 4 is 17.1 Å². The van der Waals surface area contributed by atoms with E-state index in [0.29, 0.717) is 13.2 Å². The number of imidazole rings is 1. The Kier molecular flexibility index (Phi) is 3.19. The molecule has 4 rings (SSSR count). The number of nitrogens with zero attached hydrogens (tertiary/aromatic N) is 6. The standard InChI is InChI=1S/C15H16N6O/c1-20-13(11-4-2-3-5-16-11)18-12-10-17-15(19-14(12)20)21-6-8-22-9-7-21/h2-5,10H,6-9H2,1H3. The normalized spacial score (nSPS) is 15.4. The van der Waals surface area contributed by atoms with E-state index in [2.05, 4.69) is 24.8 Å². The molecule has 7 nitrogen and oxygen atoms in total. The van der Waals surface area contributed by atoms with Crippen molar-refractivity contribution in [1.29, 1.82) is 0 Å². The number of hydrogen-bond acceptors (Lipinski definition) is 6. The van der Waals surface area contributed by atoms with Crippen molar-refractivity contribution in [2.75, 3.05) is 31.2 Å². The van der Waals surface area contributed by atoms with Crippen LogP contribution < -0.4 is 4.90 Å². The molecule has 0 unspecified atom stereocenters. The number of fused-ring (bicyclic) bond motifs is 1. The summed E-state index contributed by atoms with van der Waals surface area (Å²) in [6.07, 6.45) is 3.54. The highest BCUT2D eigenvalue weighted by molar-refractivity contribution is 5.76. The van der Waals surface area contributed by atoms with E-state index in [1.54, 1.807) is 12.4 Å². The summed E-state index contributed by atoms with van der Waals surface area (Å²) in [6, 6.07) is 5.78. The number of pyridine rings is 1. The predicted octanol–water partition coefficient (Wildman–Crippen LogP) is 1.26. The molecule has 4 heterocycles. The predicted molar refractivity (Wildman–Crippen MR) is 82.6 cm³/mol. The first-order valence-corrected chi connectivity index (χ1v) is 7.26. The molecular formula is C15H16N6O. The Hall–Kier alpha value is -2.54. The Morgan fingerprint density at radius 3 is 2.73 bits per heavy atom. The molecule has 0 atom stereocenters. The van der Waals surface area contributed by atoms with Crippen LogP contribution in [0.25, 0.3) is 22.7 Å². The van der Waals surface area contributed by atoms with Gasteiger partial charge in [0.1, 0.15) is 11.2 Å². The minimum atomic E-state index is 0.714. The maximum absolute atomic E-state index is 5.37. The van der Waals surface area contributed by atoms with E-state index in [1.165, 1.54) is 0 Å². The summed E-state index contributed by atoms with van der Waals surface area (Å²) in [6.45, 7) is 3.06. The number of rotatable bonds is 2. The van der Waals surface area contributed by atoms with Crippen LogP contribution in [0.3, 0.4) is 0 Å². The Bertz CT molecular complexity index is 794. The SMILES string of the molecule is Cn1c(-c2ccccn2)nc2cnc(N3CCOCC3)nc21. The molecule has 0 saturated carbocycles. The van der Waals surface area contributed by atoms with E-state index in [1.807, 2.05) is 29.8 Å². The second kappa shape index (κ2) is 5.34. The Balaban J connectivity index is 1.78. The highest BCUT2D eigenvalue weighted by Gasteiger charge is 2.17. The highest BCUT2D eigenvalue weighted by atomic mass is 16.5.